The molecule has 1 aromatic rings. The standard InChI is InChI=1S/C28H36O8/c1-16(29)26(33)12-13-28(35)25(26,3)22(36-23(32)17-4-6-19(30)7-5-17)15-21-24(2)10-9-20(31)14-18(24)8-11-27(21,28)34/h4-8,20-22,30-31,33-35H,9-15H2,1-3H3/t20?,21?,22?,24-,25+,26+,27-,28+/m0/s1. The van der Waals surface area contributed by atoms with Crippen molar-refractivity contribution in [3.8, 4) is 5.75 Å². The third-order valence-corrected chi connectivity index (χ3v) is 10.5. The van der Waals surface area contributed by atoms with Crippen molar-refractivity contribution in [3.05, 3.63) is 41.5 Å². The molecule has 3 saturated carbocycles. The van der Waals surface area contributed by atoms with E-state index >= 15 is 0 Å². The molecule has 0 amide bonds. The Bertz CT molecular complexity index is 1130. The van der Waals surface area contributed by atoms with Gasteiger partial charge >= 0.3 is 5.97 Å². The van der Waals surface area contributed by atoms with E-state index in [4.69, 9.17) is 4.74 Å². The minimum absolute atomic E-state index is 0.00806. The molecule has 0 bridgehead atoms. The minimum Gasteiger partial charge on any atom is -0.508 e. The van der Waals surface area contributed by atoms with Crippen molar-refractivity contribution in [1.29, 1.82) is 0 Å². The molecule has 3 unspecified atom stereocenters. The summed E-state index contributed by atoms with van der Waals surface area (Å²) in [6.07, 6.45) is 2.15. The second kappa shape index (κ2) is 7.87. The van der Waals surface area contributed by atoms with E-state index < -0.39 is 57.5 Å². The van der Waals surface area contributed by atoms with Gasteiger partial charge in [0.15, 0.2) is 5.78 Å². The third-order valence-electron chi connectivity index (χ3n) is 10.5. The van der Waals surface area contributed by atoms with Gasteiger partial charge in [-0.3, -0.25) is 4.79 Å². The van der Waals surface area contributed by atoms with Gasteiger partial charge in [0.1, 0.15) is 28.7 Å². The van der Waals surface area contributed by atoms with Gasteiger partial charge in [-0.15, -0.1) is 0 Å². The van der Waals surface area contributed by atoms with Crippen LogP contribution in [0.15, 0.2) is 35.9 Å². The number of phenolic OH excluding ortho intramolecular Hbond substituents is 1. The Morgan fingerprint density at radius 1 is 1.03 bits per heavy atom. The molecule has 5 N–H and O–H groups in total. The first kappa shape index (κ1) is 25.4. The van der Waals surface area contributed by atoms with Gasteiger partial charge in [-0.1, -0.05) is 18.6 Å². The summed E-state index contributed by atoms with van der Waals surface area (Å²) in [5.41, 5.74) is -6.60. The van der Waals surface area contributed by atoms with E-state index in [1.54, 1.807) is 6.92 Å². The number of aromatic hydroxyl groups is 1. The number of Topliss-reactive ketones (excluding diaryl/α,β-unsaturated/α-hetero) is 1. The largest absolute Gasteiger partial charge is 0.508 e. The van der Waals surface area contributed by atoms with Crippen LogP contribution < -0.4 is 0 Å². The van der Waals surface area contributed by atoms with Crippen LogP contribution >= 0.6 is 0 Å². The Morgan fingerprint density at radius 3 is 2.33 bits per heavy atom. The minimum atomic E-state index is -2.00. The molecule has 36 heavy (non-hydrogen) atoms. The molecule has 8 atom stereocenters. The zero-order valence-electron chi connectivity index (χ0n) is 21.0. The van der Waals surface area contributed by atoms with Crippen LogP contribution in [-0.2, 0) is 9.53 Å². The number of aliphatic hydroxyl groups is 4. The molecule has 3 fully saturated rings. The Morgan fingerprint density at radius 2 is 1.69 bits per heavy atom. The first-order valence-corrected chi connectivity index (χ1v) is 12.8. The van der Waals surface area contributed by atoms with Crippen molar-refractivity contribution in [3.63, 3.8) is 0 Å². The molecule has 8 nitrogen and oxygen atoms in total. The van der Waals surface area contributed by atoms with Gasteiger partial charge in [0.25, 0.3) is 0 Å². The van der Waals surface area contributed by atoms with E-state index in [1.165, 1.54) is 31.2 Å². The summed E-state index contributed by atoms with van der Waals surface area (Å²) in [5.74, 6) is -1.79. The first-order chi connectivity index (χ1) is 16.7. The van der Waals surface area contributed by atoms with Crippen molar-refractivity contribution >= 4 is 11.8 Å². The van der Waals surface area contributed by atoms with E-state index in [-0.39, 0.29) is 37.0 Å². The highest BCUT2D eigenvalue weighted by molar-refractivity contribution is 5.90. The molecule has 1 aromatic carbocycles. The van der Waals surface area contributed by atoms with Crippen molar-refractivity contribution in [1.82, 2.24) is 0 Å². The monoisotopic (exact) mass is 500 g/mol. The highest BCUT2D eigenvalue weighted by Gasteiger charge is 2.81. The van der Waals surface area contributed by atoms with Gasteiger partial charge < -0.3 is 30.3 Å². The topological polar surface area (TPSA) is 145 Å². The smallest absolute Gasteiger partial charge is 0.338 e. The summed E-state index contributed by atoms with van der Waals surface area (Å²) in [4.78, 5) is 26.1. The van der Waals surface area contributed by atoms with Gasteiger partial charge in [-0.2, -0.15) is 0 Å². The fourth-order valence-electron chi connectivity index (χ4n) is 8.17. The van der Waals surface area contributed by atoms with Crippen molar-refractivity contribution < 1.29 is 39.9 Å². The molecule has 4 aliphatic rings. The quantitative estimate of drug-likeness (QED) is 0.314. The average Bonchev–Trinajstić information content (AvgIpc) is 3.06. The SMILES string of the molecule is CC(=O)[C@]1(O)CC[C@@]2(O)[C@]1(C)C(OC(=O)c1ccc(O)cc1)CC1[C@@]3(C)CCC(O)CC3=CC[C@]12O. The van der Waals surface area contributed by atoms with Crippen LogP contribution in [0.4, 0.5) is 0 Å². The second-order valence-corrected chi connectivity index (χ2v) is 11.9. The average molecular weight is 501 g/mol. The zero-order valence-corrected chi connectivity index (χ0v) is 21.0. The number of hydrogen-bond acceptors (Lipinski definition) is 8. The molecule has 0 spiro atoms. The van der Waals surface area contributed by atoms with Crippen LogP contribution in [0, 0.1) is 16.7 Å². The number of carbonyl (C=O) groups is 2. The highest BCUT2D eigenvalue weighted by Crippen LogP contribution is 2.70. The van der Waals surface area contributed by atoms with Crippen LogP contribution in [-0.4, -0.2) is 66.3 Å². The van der Waals surface area contributed by atoms with Crippen LogP contribution in [0.3, 0.4) is 0 Å². The molecule has 0 aromatic heterocycles. The van der Waals surface area contributed by atoms with Crippen LogP contribution in [0.1, 0.15) is 76.1 Å². The van der Waals surface area contributed by atoms with Gasteiger partial charge in [-0.25, -0.2) is 4.79 Å². The zero-order chi connectivity index (χ0) is 26.3. The number of benzene rings is 1. The lowest BCUT2D eigenvalue weighted by Gasteiger charge is -2.67. The lowest BCUT2D eigenvalue weighted by atomic mass is 9.42. The highest BCUT2D eigenvalue weighted by atomic mass is 16.5. The molecule has 196 valence electrons. The molecule has 0 heterocycles. The van der Waals surface area contributed by atoms with Gasteiger partial charge in [0.05, 0.1) is 17.1 Å². The van der Waals surface area contributed by atoms with E-state index in [9.17, 15) is 35.1 Å². The summed E-state index contributed by atoms with van der Waals surface area (Å²) in [6, 6.07) is 5.57. The number of rotatable bonds is 3. The number of ketones is 1. The number of fused-ring (bicyclic) bond motifs is 5. The number of hydrogen-bond donors (Lipinski definition) is 5. The maximum Gasteiger partial charge on any atom is 0.338 e. The lowest BCUT2D eigenvalue weighted by Crippen LogP contribution is -2.78. The number of ether oxygens (including phenoxy) is 1. The number of aliphatic hydroxyl groups excluding tert-OH is 1. The number of carbonyl (C=O) groups excluding carboxylic acids is 2. The normalized spacial score (nSPS) is 45.6. The maximum absolute atomic E-state index is 13.2. The maximum atomic E-state index is 13.2. The van der Waals surface area contributed by atoms with Crippen LogP contribution in [0.2, 0.25) is 0 Å². The van der Waals surface area contributed by atoms with Crippen LogP contribution in [0.25, 0.3) is 0 Å². The Kier molecular flexibility index (Phi) is 5.55. The number of phenols is 1. The Hall–Kier alpha value is -2.26. The van der Waals surface area contributed by atoms with E-state index in [2.05, 4.69) is 0 Å². The summed E-state index contributed by atoms with van der Waals surface area (Å²) in [7, 11) is 0. The Balaban J connectivity index is 1.64. The lowest BCUT2D eigenvalue weighted by molar-refractivity contribution is -0.312. The molecular formula is C28H36O8. The van der Waals surface area contributed by atoms with Crippen molar-refractivity contribution in [2.75, 3.05) is 0 Å². The summed E-state index contributed by atoms with van der Waals surface area (Å²) in [6.45, 7) is 4.84. The Labute approximate surface area is 210 Å². The predicted octanol–water partition coefficient (Wildman–Crippen LogP) is 2.40. The molecule has 0 aliphatic heterocycles. The molecule has 0 radical (unpaired) electrons. The summed E-state index contributed by atoms with van der Waals surface area (Å²) >= 11 is 0. The molecular weight excluding hydrogens is 464 g/mol. The summed E-state index contributed by atoms with van der Waals surface area (Å²) < 4.78 is 6.01. The van der Waals surface area contributed by atoms with Crippen molar-refractivity contribution in [2.45, 2.75) is 94.7 Å². The predicted molar refractivity (Wildman–Crippen MR) is 129 cm³/mol. The first-order valence-electron chi connectivity index (χ1n) is 12.8. The fraction of sp³-hybridized carbons (Fsp3) is 0.643. The summed E-state index contributed by atoms with van der Waals surface area (Å²) in [5, 5.41) is 56.3. The van der Waals surface area contributed by atoms with Crippen LogP contribution in [0.5, 0.6) is 5.75 Å². The van der Waals surface area contributed by atoms with Crippen molar-refractivity contribution in [2.24, 2.45) is 16.7 Å². The third kappa shape index (κ3) is 3.01. The fourth-order valence-corrected chi connectivity index (χ4v) is 8.17. The second-order valence-electron chi connectivity index (χ2n) is 11.9. The molecule has 0 saturated heterocycles. The van der Waals surface area contributed by atoms with E-state index in [0.29, 0.717) is 19.3 Å². The molecule has 8 heteroatoms. The van der Waals surface area contributed by atoms with Gasteiger partial charge in [0.2, 0.25) is 0 Å². The van der Waals surface area contributed by atoms with Gasteiger partial charge in [0, 0.05) is 5.92 Å². The molecule has 5 rings (SSSR count). The molecule has 4 aliphatic carbocycles. The van der Waals surface area contributed by atoms with E-state index in [0.717, 1.165) is 5.57 Å². The van der Waals surface area contributed by atoms with E-state index in [1.807, 2.05) is 13.0 Å². The number of esters is 1. The van der Waals surface area contributed by atoms with Gasteiger partial charge in [-0.05, 0) is 88.5 Å².